The van der Waals surface area contributed by atoms with Gasteiger partial charge in [-0.05, 0) is 71.5 Å². The average Bonchev–Trinajstić information content (AvgIpc) is 3.17. The van der Waals surface area contributed by atoms with Crippen LogP contribution in [0.5, 0.6) is 11.5 Å². The summed E-state index contributed by atoms with van der Waals surface area (Å²) in [5.74, 6) is -1.61. The van der Waals surface area contributed by atoms with Gasteiger partial charge in [0.05, 0.1) is 31.4 Å². The van der Waals surface area contributed by atoms with E-state index in [2.05, 4.69) is 0 Å². The number of carbonyl (C=O) groups excluding carboxylic acids is 2. The van der Waals surface area contributed by atoms with Crippen LogP contribution in [0.25, 0.3) is 5.76 Å². The van der Waals surface area contributed by atoms with E-state index in [-0.39, 0.29) is 29.4 Å². The fraction of sp³-hybridized carbons (Fsp3) is 0.258. The molecule has 1 unspecified atom stereocenters. The lowest BCUT2D eigenvalue weighted by Gasteiger charge is -2.26. The summed E-state index contributed by atoms with van der Waals surface area (Å²) in [4.78, 5) is 39.6. The number of aromatic carboxylic acids is 1. The lowest BCUT2D eigenvalue weighted by atomic mass is 9.91. The molecule has 2 N–H and O–H groups in total. The molecule has 1 amide bonds. The lowest BCUT2D eigenvalue weighted by Crippen LogP contribution is -2.29. The highest BCUT2D eigenvalue weighted by Crippen LogP contribution is 2.42. The van der Waals surface area contributed by atoms with E-state index in [0.29, 0.717) is 33.8 Å². The van der Waals surface area contributed by atoms with Crippen LogP contribution in [0, 0.1) is 6.92 Å². The average molecular weight is 530 g/mol. The van der Waals surface area contributed by atoms with Gasteiger partial charge in [-0.15, -0.1) is 0 Å². The molecule has 1 heterocycles. The van der Waals surface area contributed by atoms with Gasteiger partial charge in [0.15, 0.2) is 0 Å². The SMILES string of the molecule is COc1cccc(C2/C(=C(\O)c3cc(C(C)C)c(OC)cc3C)C(=O)C(=O)N2Cc2ccc(C(=O)O)cc2)c1. The molecule has 0 aliphatic carbocycles. The first-order chi connectivity index (χ1) is 18.6. The Morgan fingerprint density at radius 2 is 1.67 bits per heavy atom. The van der Waals surface area contributed by atoms with Crippen LogP contribution in [0.1, 0.15) is 64.0 Å². The standard InChI is InChI=1S/C31H31NO7/c1-17(2)23-15-24(18(3)13-25(23)39-5)28(33)26-27(21-7-6-8-22(14-21)38-4)32(30(35)29(26)34)16-19-9-11-20(12-10-19)31(36)37/h6-15,17,27,33H,16H2,1-5H3,(H,36,37)/b28-26+. The number of likely N-dealkylation sites (tertiary alicyclic amines) is 1. The molecule has 4 rings (SSSR count). The molecule has 202 valence electrons. The minimum atomic E-state index is -1.06. The Morgan fingerprint density at radius 3 is 2.26 bits per heavy atom. The molecule has 0 saturated carbocycles. The van der Waals surface area contributed by atoms with E-state index in [1.54, 1.807) is 49.6 Å². The van der Waals surface area contributed by atoms with Gasteiger partial charge in [-0.2, -0.15) is 0 Å². The van der Waals surface area contributed by atoms with Crippen molar-refractivity contribution in [1.82, 2.24) is 4.90 Å². The summed E-state index contributed by atoms with van der Waals surface area (Å²) in [6.07, 6.45) is 0. The number of benzene rings is 3. The van der Waals surface area contributed by atoms with E-state index in [9.17, 15) is 24.6 Å². The second-order valence-corrected chi connectivity index (χ2v) is 9.77. The van der Waals surface area contributed by atoms with Gasteiger partial charge in [0, 0.05) is 12.1 Å². The first kappa shape index (κ1) is 27.4. The van der Waals surface area contributed by atoms with Crippen LogP contribution in [-0.2, 0) is 16.1 Å². The lowest BCUT2D eigenvalue weighted by molar-refractivity contribution is -0.140. The Labute approximate surface area is 227 Å². The number of ketones is 1. The molecule has 1 aliphatic rings. The molecular weight excluding hydrogens is 498 g/mol. The molecule has 39 heavy (non-hydrogen) atoms. The van der Waals surface area contributed by atoms with Crippen molar-refractivity contribution < 1.29 is 34.1 Å². The van der Waals surface area contributed by atoms with Gasteiger partial charge in [-0.1, -0.05) is 38.1 Å². The molecule has 1 atom stereocenters. The third-order valence-electron chi connectivity index (χ3n) is 6.96. The third kappa shape index (κ3) is 5.23. The van der Waals surface area contributed by atoms with Crippen LogP contribution >= 0.6 is 0 Å². The first-order valence-corrected chi connectivity index (χ1v) is 12.5. The van der Waals surface area contributed by atoms with Crippen LogP contribution in [0.3, 0.4) is 0 Å². The van der Waals surface area contributed by atoms with E-state index in [0.717, 1.165) is 5.56 Å². The Kier molecular flexibility index (Phi) is 7.76. The van der Waals surface area contributed by atoms with Crippen LogP contribution in [0.4, 0.5) is 0 Å². The number of aliphatic hydroxyl groups excluding tert-OH is 1. The molecule has 3 aromatic carbocycles. The van der Waals surface area contributed by atoms with Gasteiger partial charge in [0.25, 0.3) is 11.7 Å². The van der Waals surface area contributed by atoms with Gasteiger partial charge in [-0.25, -0.2) is 4.79 Å². The number of hydrogen-bond donors (Lipinski definition) is 2. The number of aliphatic hydroxyl groups is 1. The largest absolute Gasteiger partial charge is 0.507 e. The number of amides is 1. The number of aryl methyl sites for hydroxylation is 1. The fourth-order valence-electron chi connectivity index (χ4n) is 4.88. The summed E-state index contributed by atoms with van der Waals surface area (Å²) in [5.41, 5.74) is 3.30. The van der Waals surface area contributed by atoms with Gasteiger partial charge in [-0.3, -0.25) is 9.59 Å². The summed E-state index contributed by atoms with van der Waals surface area (Å²) in [6, 6.07) is 15.8. The normalized spacial score (nSPS) is 16.6. The summed E-state index contributed by atoms with van der Waals surface area (Å²) in [7, 11) is 3.10. The number of carboxylic acid groups (broad SMARTS) is 1. The number of nitrogens with zero attached hydrogens (tertiary/aromatic N) is 1. The Balaban J connectivity index is 1.90. The van der Waals surface area contributed by atoms with Crippen LogP contribution in [0.2, 0.25) is 0 Å². The Bertz CT molecular complexity index is 1470. The molecule has 1 aliphatic heterocycles. The maximum atomic E-state index is 13.5. The van der Waals surface area contributed by atoms with Crippen LogP contribution in [-0.4, -0.2) is 47.0 Å². The maximum Gasteiger partial charge on any atom is 0.335 e. The second kappa shape index (κ2) is 11.0. The van der Waals surface area contributed by atoms with Gasteiger partial charge in [0.2, 0.25) is 0 Å². The maximum absolute atomic E-state index is 13.5. The van der Waals surface area contributed by atoms with Crippen molar-refractivity contribution in [3.05, 3.63) is 99.6 Å². The number of Topliss-reactive ketones (excluding diaryl/α,β-unsaturated/α-hetero) is 1. The monoisotopic (exact) mass is 529 g/mol. The molecule has 0 spiro atoms. The minimum Gasteiger partial charge on any atom is -0.507 e. The number of carbonyl (C=O) groups is 3. The summed E-state index contributed by atoms with van der Waals surface area (Å²) in [6.45, 7) is 5.84. The zero-order valence-electron chi connectivity index (χ0n) is 22.5. The highest BCUT2D eigenvalue weighted by molar-refractivity contribution is 6.46. The Hall–Kier alpha value is -4.59. The van der Waals surface area contributed by atoms with E-state index in [1.165, 1.54) is 24.1 Å². The van der Waals surface area contributed by atoms with Gasteiger partial charge >= 0.3 is 5.97 Å². The summed E-state index contributed by atoms with van der Waals surface area (Å²) >= 11 is 0. The molecule has 1 saturated heterocycles. The topological polar surface area (TPSA) is 113 Å². The quantitative estimate of drug-likeness (QED) is 0.226. The highest BCUT2D eigenvalue weighted by Gasteiger charge is 2.46. The molecule has 0 radical (unpaired) electrons. The smallest absolute Gasteiger partial charge is 0.335 e. The minimum absolute atomic E-state index is 0.0293. The van der Waals surface area contributed by atoms with Gasteiger partial charge < -0.3 is 24.6 Å². The Morgan fingerprint density at radius 1 is 0.974 bits per heavy atom. The van der Waals surface area contributed by atoms with Crippen molar-refractivity contribution in [3.8, 4) is 11.5 Å². The van der Waals surface area contributed by atoms with Crippen LogP contribution in [0.15, 0.2) is 66.2 Å². The van der Waals surface area contributed by atoms with Crippen molar-refractivity contribution in [2.75, 3.05) is 14.2 Å². The first-order valence-electron chi connectivity index (χ1n) is 12.5. The predicted molar refractivity (Wildman–Crippen MR) is 146 cm³/mol. The molecule has 1 fully saturated rings. The predicted octanol–water partition coefficient (Wildman–Crippen LogP) is 5.46. The number of rotatable bonds is 8. The molecular formula is C31H31NO7. The van der Waals surface area contributed by atoms with E-state index in [1.807, 2.05) is 26.8 Å². The van der Waals surface area contributed by atoms with Crippen molar-refractivity contribution in [2.45, 2.75) is 39.3 Å². The molecule has 8 heteroatoms. The van der Waals surface area contributed by atoms with E-state index < -0.39 is 23.7 Å². The zero-order chi connectivity index (χ0) is 28.4. The molecule has 3 aromatic rings. The zero-order valence-corrected chi connectivity index (χ0v) is 22.5. The number of carboxylic acids is 1. The van der Waals surface area contributed by atoms with Crippen molar-refractivity contribution in [1.29, 1.82) is 0 Å². The number of ether oxygens (including phenoxy) is 2. The second-order valence-electron chi connectivity index (χ2n) is 9.77. The molecule has 8 nitrogen and oxygen atoms in total. The van der Waals surface area contributed by atoms with Crippen molar-refractivity contribution in [3.63, 3.8) is 0 Å². The summed E-state index contributed by atoms with van der Waals surface area (Å²) in [5, 5.41) is 20.9. The third-order valence-corrected chi connectivity index (χ3v) is 6.96. The van der Waals surface area contributed by atoms with Crippen molar-refractivity contribution in [2.24, 2.45) is 0 Å². The van der Waals surface area contributed by atoms with E-state index in [4.69, 9.17) is 9.47 Å². The molecule has 0 bridgehead atoms. The number of hydrogen-bond acceptors (Lipinski definition) is 6. The fourth-order valence-corrected chi connectivity index (χ4v) is 4.88. The highest BCUT2D eigenvalue weighted by atomic mass is 16.5. The van der Waals surface area contributed by atoms with E-state index >= 15 is 0 Å². The summed E-state index contributed by atoms with van der Waals surface area (Å²) < 4.78 is 10.9. The van der Waals surface area contributed by atoms with Gasteiger partial charge in [0.1, 0.15) is 17.3 Å². The van der Waals surface area contributed by atoms with Crippen molar-refractivity contribution >= 4 is 23.4 Å². The number of methoxy groups -OCH3 is 2. The molecule has 0 aromatic heterocycles. The van der Waals surface area contributed by atoms with Crippen LogP contribution < -0.4 is 9.47 Å².